The number of benzene rings is 2. The summed E-state index contributed by atoms with van der Waals surface area (Å²) in [5.41, 5.74) is 0.904. The van der Waals surface area contributed by atoms with Crippen LogP contribution in [0.1, 0.15) is 21.0 Å². The molecule has 10 heteroatoms. The minimum atomic E-state index is -1.10. The van der Waals surface area contributed by atoms with E-state index >= 15 is 0 Å². The summed E-state index contributed by atoms with van der Waals surface area (Å²) >= 11 is 4.21. The van der Waals surface area contributed by atoms with E-state index in [0.717, 1.165) is 10.8 Å². The number of para-hydroxylation sites is 2. The molecule has 194 valence electrons. The number of rotatable bonds is 2. The zero-order chi connectivity index (χ0) is 20.3. The molecule has 0 spiro atoms. The van der Waals surface area contributed by atoms with Crippen LogP contribution < -0.4 is 0 Å². The summed E-state index contributed by atoms with van der Waals surface area (Å²) in [6, 6.07) is 16.7. The van der Waals surface area contributed by atoms with Crippen LogP contribution in [0.15, 0.2) is 65.6 Å². The van der Waals surface area contributed by atoms with Crippen molar-refractivity contribution in [1.29, 1.82) is 0 Å². The van der Waals surface area contributed by atoms with Gasteiger partial charge in [-0.1, -0.05) is 36.4 Å². The molecule has 4 rings (SSSR count). The number of phenols is 1. The average molecular weight is 848 g/mol. The molecule has 0 aliphatic carbocycles. The van der Waals surface area contributed by atoms with Crippen molar-refractivity contribution < 1.29 is 69.7 Å². The van der Waals surface area contributed by atoms with E-state index in [0.29, 0.717) is 15.9 Å². The summed E-state index contributed by atoms with van der Waals surface area (Å²) in [6.45, 7) is 0. The molecule has 0 saturated heterocycles. The van der Waals surface area contributed by atoms with Crippen molar-refractivity contribution >= 4 is 46.4 Å². The fourth-order valence-corrected chi connectivity index (χ4v) is 2.77. The van der Waals surface area contributed by atoms with Gasteiger partial charge in [0.1, 0.15) is 22.7 Å². The molecule has 0 bridgehead atoms. The van der Waals surface area contributed by atoms with Crippen molar-refractivity contribution in [3.8, 4) is 5.75 Å². The molecule has 0 amide bonds. The van der Waals surface area contributed by atoms with Gasteiger partial charge < -0.3 is 45.0 Å². The summed E-state index contributed by atoms with van der Waals surface area (Å²) in [4.78, 5) is 29.8. The second-order valence-electron chi connectivity index (χ2n) is 5.70. The number of thiol groups is 1. The number of pyridine rings is 2. The molecule has 4 aromatic rings. The summed E-state index contributed by atoms with van der Waals surface area (Å²) in [7, 11) is 0. The van der Waals surface area contributed by atoms with Gasteiger partial charge in [0.2, 0.25) is 0 Å². The maximum Gasteiger partial charge on any atom is 0.354 e. The molecule has 0 atom stereocenters. The number of fused-ring (bicyclic) bond motifs is 2. The first-order valence-electron chi connectivity index (χ1n) is 8.01. The number of aromatic carboxylic acids is 2. The second-order valence-corrected chi connectivity index (χ2v) is 6.18. The topological polar surface area (TPSA) is 121 Å². The number of carbonyl (C=O) groups is 2. The van der Waals surface area contributed by atoms with Gasteiger partial charge in [-0.05, 0) is 24.3 Å². The Morgan fingerprint density at radius 1 is 0.647 bits per heavy atom. The zero-order valence-electron chi connectivity index (χ0n) is 18.9. The molecule has 34 heavy (non-hydrogen) atoms. The van der Waals surface area contributed by atoms with E-state index in [1.54, 1.807) is 30.3 Å². The quantitative estimate of drug-likeness (QED) is 0.117. The number of hydrogen-bond donors (Lipinski definition) is 4. The van der Waals surface area contributed by atoms with Crippen LogP contribution in [0, 0.1) is 29.7 Å². The van der Waals surface area contributed by atoms with Crippen molar-refractivity contribution in [2.24, 2.45) is 0 Å². The first kappa shape index (κ1) is 39.1. The molecule has 0 saturated carbocycles. The minimum absolute atomic E-state index is 0. The molecule has 3 N–H and O–H groups in total. The van der Waals surface area contributed by atoms with Crippen molar-refractivity contribution in [2.45, 2.75) is 4.90 Å². The first-order chi connectivity index (χ1) is 13.4. The van der Waals surface area contributed by atoms with Gasteiger partial charge in [0, 0.05) is 60.4 Å². The maximum atomic E-state index is 10.7. The van der Waals surface area contributed by atoms with Gasteiger partial charge >= 0.3 is 11.9 Å². The maximum absolute atomic E-state index is 10.7. The second kappa shape index (κ2) is 17.3. The molecule has 0 unspecified atom stereocenters. The van der Waals surface area contributed by atoms with Crippen molar-refractivity contribution in [2.75, 3.05) is 0 Å². The first-order valence-corrected chi connectivity index (χ1v) is 8.45. The van der Waals surface area contributed by atoms with Crippen LogP contribution in [0.2, 0.25) is 0 Å². The number of aromatic hydroxyl groups is 1. The molecule has 7 nitrogen and oxygen atoms in total. The third-order valence-corrected chi connectivity index (χ3v) is 4.20. The summed E-state index contributed by atoms with van der Waals surface area (Å²) in [5.74, 6) is -2.13. The Kier molecular flexibility index (Phi) is 19.9. The Bertz CT molecular complexity index is 1130. The van der Waals surface area contributed by atoms with E-state index < -0.39 is 11.9 Å². The SMILES string of the molecule is O=C(O)c1ccc2cccc(O)c2n1.O=C(O)c1ccc2cccc(S)c2n1.[Au].[Au].[CH3-].[CH3-].[CH3-].[CH3-]. The molecular weight excluding hydrogens is 822 g/mol. The van der Waals surface area contributed by atoms with E-state index in [4.69, 9.17) is 10.2 Å². The van der Waals surface area contributed by atoms with Gasteiger partial charge in [0.15, 0.2) is 0 Å². The fraction of sp³-hybridized carbons (Fsp3) is 0. The molecule has 2 aromatic carbocycles. The Balaban J connectivity index is -0.000000225. The smallest absolute Gasteiger partial charge is 0.354 e. The van der Waals surface area contributed by atoms with E-state index in [2.05, 4.69) is 22.6 Å². The summed E-state index contributed by atoms with van der Waals surface area (Å²) < 4.78 is 0. The minimum Gasteiger partial charge on any atom is -0.506 e. The van der Waals surface area contributed by atoms with E-state index in [1.165, 1.54) is 18.2 Å². The Morgan fingerprint density at radius 2 is 1.06 bits per heavy atom. The normalized spacial score (nSPS) is 8.50. The Morgan fingerprint density at radius 3 is 1.53 bits per heavy atom. The van der Waals surface area contributed by atoms with Gasteiger partial charge in [0.05, 0.1) is 5.52 Å². The average Bonchev–Trinajstić information content (AvgIpc) is 2.68. The standard InChI is InChI=1S/C10H7NO3.C10H7NO2S.4CH3.2Au/c12-8-3-1-2-6-4-5-7(10(13)14)11-9(6)8;12-10(13)7-5-4-6-2-1-3-8(14)9(6)11-7;;;;;;/h1-5,12H,(H,13,14);1-5,14H,(H,12,13);4*1H3;;/q;;4*-1;;. The number of hydrogen-bond acceptors (Lipinski definition) is 6. The van der Waals surface area contributed by atoms with Gasteiger partial charge in [-0.2, -0.15) is 0 Å². The van der Waals surface area contributed by atoms with E-state index in [9.17, 15) is 14.7 Å². The predicted octanol–water partition coefficient (Wildman–Crippen LogP) is 5.66. The summed E-state index contributed by atoms with van der Waals surface area (Å²) in [5, 5.41) is 28.5. The van der Waals surface area contributed by atoms with Crippen LogP contribution in [0.5, 0.6) is 5.75 Å². The summed E-state index contributed by atoms with van der Waals surface area (Å²) in [6.07, 6.45) is 0. The largest absolute Gasteiger partial charge is 0.506 e. The third-order valence-electron chi connectivity index (χ3n) is 3.84. The molecule has 0 aliphatic rings. The van der Waals surface area contributed by atoms with Crippen molar-refractivity contribution in [3.05, 3.63) is 102 Å². The van der Waals surface area contributed by atoms with Gasteiger partial charge in [-0.25, -0.2) is 19.6 Å². The van der Waals surface area contributed by atoms with Crippen molar-refractivity contribution in [1.82, 2.24) is 9.97 Å². The van der Waals surface area contributed by atoms with Crippen LogP contribution in [0.4, 0.5) is 0 Å². The van der Waals surface area contributed by atoms with Crippen LogP contribution in [0.25, 0.3) is 21.8 Å². The van der Waals surface area contributed by atoms with Crippen molar-refractivity contribution in [3.63, 3.8) is 0 Å². The zero-order valence-corrected chi connectivity index (χ0v) is 24.1. The number of carboxylic acids is 2. The van der Waals surface area contributed by atoms with E-state index in [-0.39, 0.29) is 91.6 Å². The Hall–Kier alpha value is -2.17. The van der Waals surface area contributed by atoms with Crippen LogP contribution in [-0.4, -0.2) is 37.2 Å². The Labute approximate surface area is 237 Å². The number of phenolic OH excluding ortho intramolecular Hbond substituents is 1. The van der Waals surface area contributed by atoms with Crippen LogP contribution in [-0.2, 0) is 44.8 Å². The van der Waals surface area contributed by atoms with Gasteiger partial charge in [0.25, 0.3) is 0 Å². The van der Waals surface area contributed by atoms with Gasteiger partial charge in [-0.15, -0.1) is 12.6 Å². The molecule has 0 aliphatic heterocycles. The van der Waals surface area contributed by atoms with E-state index in [1.807, 2.05) is 12.1 Å². The molecular formula is C24H26Au2N2O5S-4. The fourth-order valence-electron chi connectivity index (χ4n) is 2.50. The molecule has 0 fully saturated rings. The molecule has 2 aromatic heterocycles. The van der Waals surface area contributed by atoms with Gasteiger partial charge in [-0.3, -0.25) is 0 Å². The third kappa shape index (κ3) is 9.23. The number of carboxylic acid groups (broad SMARTS) is 2. The van der Waals surface area contributed by atoms with Crippen LogP contribution in [0.3, 0.4) is 0 Å². The number of aromatic nitrogens is 2. The monoisotopic (exact) mass is 848 g/mol. The predicted molar refractivity (Wildman–Crippen MR) is 132 cm³/mol. The molecule has 2 radical (unpaired) electrons. The molecule has 2 heterocycles. The van der Waals surface area contributed by atoms with Crippen LogP contribution >= 0.6 is 12.6 Å². The number of nitrogens with zero attached hydrogens (tertiary/aromatic N) is 2.